The van der Waals surface area contributed by atoms with Crippen LogP contribution in [0.3, 0.4) is 0 Å². The van der Waals surface area contributed by atoms with Crippen LogP contribution in [0.25, 0.3) is 17.0 Å². The Kier molecular flexibility index (Phi) is 6.21. The Balaban J connectivity index is 1.80. The molecule has 0 aliphatic rings. The molecule has 2 heterocycles. The van der Waals surface area contributed by atoms with Crippen LogP contribution in [0.2, 0.25) is 0 Å². The highest BCUT2D eigenvalue weighted by Gasteiger charge is 2.20. The zero-order chi connectivity index (χ0) is 21.7. The molecule has 9 nitrogen and oxygen atoms in total. The average molecular weight is 410 g/mol. The van der Waals surface area contributed by atoms with E-state index in [1.165, 1.54) is 18.2 Å². The molecule has 30 heavy (non-hydrogen) atoms. The van der Waals surface area contributed by atoms with E-state index in [4.69, 9.17) is 13.9 Å². The van der Waals surface area contributed by atoms with Gasteiger partial charge in [0.05, 0.1) is 29.4 Å². The number of aryl methyl sites for hydroxylation is 1. The van der Waals surface area contributed by atoms with Gasteiger partial charge in [-0.15, -0.1) is 0 Å². The highest BCUT2D eigenvalue weighted by molar-refractivity contribution is 5.98. The minimum atomic E-state index is -0.725. The smallest absolute Gasteiger partial charge is 0.433 e. The lowest BCUT2D eigenvalue weighted by Crippen LogP contribution is -2.14. The van der Waals surface area contributed by atoms with Crippen molar-refractivity contribution in [1.29, 1.82) is 0 Å². The molecule has 9 heteroatoms. The molecule has 3 rings (SSSR count). The van der Waals surface area contributed by atoms with E-state index in [0.29, 0.717) is 11.1 Å². The summed E-state index contributed by atoms with van der Waals surface area (Å²) < 4.78 is 15.3. The summed E-state index contributed by atoms with van der Waals surface area (Å²) in [4.78, 5) is 38.9. The van der Waals surface area contributed by atoms with Gasteiger partial charge in [-0.1, -0.05) is 18.2 Å². The molecular formula is C21H18N2O7. The number of pyridine rings is 1. The van der Waals surface area contributed by atoms with Gasteiger partial charge < -0.3 is 13.9 Å². The number of benzene rings is 1. The van der Waals surface area contributed by atoms with E-state index < -0.39 is 22.7 Å². The molecule has 3 aromatic rings. The van der Waals surface area contributed by atoms with Crippen LogP contribution >= 0.6 is 0 Å². The van der Waals surface area contributed by atoms with E-state index in [9.17, 15) is 19.7 Å². The maximum absolute atomic E-state index is 12.5. The second-order valence-electron chi connectivity index (χ2n) is 6.17. The SMILES string of the molecule is CCOC(=O)c1c(COC(=O)/C=C/c2ccc([N+](=O)[O-])o2)nc2ccccc2c1C. The van der Waals surface area contributed by atoms with Crippen molar-refractivity contribution in [1.82, 2.24) is 4.98 Å². The number of ether oxygens (including phenoxy) is 2. The average Bonchev–Trinajstić information content (AvgIpc) is 3.20. The van der Waals surface area contributed by atoms with E-state index in [2.05, 4.69) is 4.98 Å². The molecule has 0 amide bonds. The standard InChI is InChI=1S/C21H18N2O7/c1-3-28-21(25)20-13(2)15-6-4-5-7-16(15)22-17(20)12-29-19(24)11-9-14-8-10-18(30-14)23(26)27/h4-11H,3,12H2,1-2H3/b11-9+. The van der Waals surface area contributed by atoms with Gasteiger partial charge in [-0.25, -0.2) is 14.6 Å². The summed E-state index contributed by atoms with van der Waals surface area (Å²) in [5.74, 6) is -1.57. The van der Waals surface area contributed by atoms with E-state index in [1.54, 1.807) is 19.9 Å². The van der Waals surface area contributed by atoms with Crippen molar-refractivity contribution in [3.8, 4) is 0 Å². The molecule has 0 radical (unpaired) electrons. The molecule has 1 aromatic carbocycles. The quantitative estimate of drug-likeness (QED) is 0.248. The Morgan fingerprint density at radius 3 is 2.67 bits per heavy atom. The first-order chi connectivity index (χ1) is 14.4. The number of nitro groups is 1. The molecule has 0 bridgehead atoms. The second kappa shape index (κ2) is 8.99. The fourth-order valence-corrected chi connectivity index (χ4v) is 2.89. The summed E-state index contributed by atoms with van der Waals surface area (Å²) in [5.41, 5.74) is 1.88. The lowest BCUT2D eigenvalue weighted by atomic mass is 10.0. The second-order valence-corrected chi connectivity index (χ2v) is 6.17. The number of aromatic nitrogens is 1. The first-order valence-electron chi connectivity index (χ1n) is 9.05. The van der Waals surface area contributed by atoms with Crippen LogP contribution in [0, 0.1) is 17.0 Å². The van der Waals surface area contributed by atoms with Crippen molar-refractivity contribution < 1.29 is 28.4 Å². The summed E-state index contributed by atoms with van der Waals surface area (Å²) in [6.45, 7) is 3.43. The van der Waals surface area contributed by atoms with Gasteiger partial charge in [-0.05, 0) is 37.6 Å². The van der Waals surface area contributed by atoms with Crippen molar-refractivity contribution in [2.75, 3.05) is 6.61 Å². The van der Waals surface area contributed by atoms with Crippen molar-refractivity contribution in [2.45, 2.75) is 20.5 Å². The summed E-state index contributed by atoms with van der Waals surface area (Å²) in [5, 5.41) is 11.4. The minimum absolute atomic E-state index is 0.130. The molecule has 0 saturated heterocycles. The Bertz CT molecular complexity index is 1150. The monoisotopic (exact) mass is 410 g/mol. The third kappa shape index (κ3) is 4.52. The molecule has 0 aliphatic heterocycles. The van der Waals surface area contributed by atoms with Gasteiger partial charge in [0.15, 0.2) is 0 Å². The van der Waals surface area contributed by atoms with Crippen LogP contribution in [0.1, 0.15) is 34.3 Å². The number of fused-ring (bicyclic) bond motifs is 1. The minimum Gasteiger partial charge on any atom is -0.462 e. The van der Waals surface area contributed by atoms with Gasteiger partial charge in [0.1, 0.15) is 17.3 Å². The summed E-state index contributed by atoms with van der Waals surface area (Å²) in [6.07, 6.45) is 2.32. The van der Waals surface area contributed by atoms with Gasteiger partial charge >= 0.3 is 17.8 Å². The van der Waals surface area contributed by atoms with Gasteiger partial charge in [-0.2, -0.15) is 0 Å². The lowest BCUT2D eigenvalue weighted by molar-refractivity contribution is -0.402. The lowest BCUT2D eigenvalue weighted by Gasteiger charge is -2.13. The maximum atomic E-state index is 12.5. The van der Waals surface area contributed by atoms with Gasteiger partial charge in [0, 0.05) is 11.5 Å². The fraction of sp³-hybridized carbons (Fsp3) is 0.190. The summed E-state index contributed by atoms with van der Waals surface area (Å²) in [7, 11) is 0. The fourth-order valence-electron chi connectivity index (χ4n) is 2.89. The third-order valence-corrected chi connectivity index (χ3v) is 4.23. The molecule has 0 spiro atoms. The van der Waals surface area contributed by atoms with Crippen LogP contribution in [-0.2, 0) is 20.9 Å². The van der Waals surface area contributed by atoms with Crippen LogP contribution in [-0.4, -0.2) is 28.5 Å². The number of hydrogen-bond donors (Lipinski definition) is 0. The Morgan fingerprint density at radius 1 is 1.20 bits per heavy atom. The summed E-state index contributed by atoms with van der Waals surface area (Å²) in [6, 6.07) is 9.84. The first kappa shape index (κ1) is 20.7. The van der Waals surface area contributed by atoms with Crippen molar-refractivity contribution >= 4 is 34.8 Å². The molecule has 0 fully saturated rings. The Morgan fingerprint density at radius 2 is 1.97 bits per heavy atom. The third-order valence-electron chi connectivity index (χ3n) is 4.23. The number of nitrogens with zero attached hydrogens (tertiary/aromatic N) is 2. The zero-order valence-corrected chi connectivity index (χ0v) is 16.3. The van der Waals surface area contributed by atoms with Crippen LogP contribution in [0.4, 0.5) is 5.88 Å². The Labute approximate surface area is 171 Å². The highest BCUT2D eigenvalue weighted by Crippen LogP contribution is 2.24. The topological polar surface area (TPSA) is 122 Å². The van der Waals surface area contributed by atoms with Crippen molar-refractivity contribution in [2.24, 2.45) is 0 Å². The van der Waals surface area contributed by atoms with E-state index in [1.807, 2.05) is 18.2 Å². The van der Waals surface area contributed by atoms with E-state index in [0.717, 1.165) is 11.5 Å². The number of esters is 2. The maximum Gasteiger partial charge on any atom is 0.433 e. The van der Waals surface area contributed by atoms with E-state index >= 15 is 0 Å². The highest BCUT2D eigenvalue weighted by atomic mass is 16.6. The Hall–Kier alpha value is -4.01. The molecule has 0 atom stereocenters. The number of para-hydroxylation sites is 1. The van der Waals surface area contributed by atoms with Crippen molar-refractivity contribution in [3.05, 3.63) is 75.2 Å². The number of carbonyl (C=O) groups is 2. The van der Waals surface area contributed by atoms with Crippen LogP contribution in [0.5, 0.6) is 0 Å². The summed E-state index contributed by atoms with van der Waals surface area (Å²) >= 11 is 0. The van der Waals surface area contributed by atoms with Crippen LogP contribution < -0.4 is 0 Å². The largest absolute Gasteiger partial charge is 0.462 e. The number of hydrogen-bond acceptors (Lipinski definition) is 8. The molecule has 154 valence electrons. The van der Waals surface area contributed by atoms with Gasteiger partial charge in [0.2, 0.25) is 0 Å². The molecule has 2 aromatic heterocycles. The van der Waals surface area contributed by atoms with E-state index in [-0.39, 0.29) is 30.2 Å². The predicted molar refractivity (Wildman–Crippen MR) is 107 cm³/mol. The number of carbonyl (C=O) groups excluding carboxylic acids is 2. The number of rotatable bonds is 7. The number of furan rings is 1. The van der Waals surface area contributed by atoms with Crippen LogP contribution in [0.15, 0.2) is 46.9 Å². The molecule has 0 unspecified atom stereocenters. The normalized spacial score (nSPS) is 11.0. The molecule has 0 saturated carbocycles. The van der Waals surface area contributed by atoms with Gasteiger partial charge in [-0.3, -0.25) is 10.1 Å². The molecule has 0 aliphatic carbocycles. The molecule has 0 N–H and O–H groups in total. The predicted octanol–water partition coefficient (Wildman–Crippen LogP) is 3.98. The van der Waals surface area contributed by atoms with Crippen molar-refractivity contribution in [3.63, 3.8) is 0 Å². The molecular weight excluding hydrogens is 392 g/mol. The first-order valence-corrected chi connectivity index (χ1v) is 9.05. The zero-order valence-electron chi connectivity index (χ0n) is 16.3. The van der Waals surface area contributed by atoms with Gasteiger partial charge in [0.25, 0.3) is 0 Å².